The number of hydrogen-bond acceptors (Lipinski definition) is 4. The largest absolute Gasteiger partial charge is 0.465 e. The van der Waals surface area contributed by atoms with Gasteiger partial charge in [0.15, 0.2) is 0 Å². The average Bonchev–Trinajstić information content (AvgIpc) is 3.30. The molecule has 0 aliphatic carbocycles. The Balaban J connectivity index is 1.84. The van der Waals surface area contributed by atoms with Crippen molar-refractivity contribution in [2.75, 3.05) is 13.2 Å². The first kappa shape index (κ1) is 19.0. The second kappa shape index (κ2) is 8.73. The standard InChI is InChI=1S/C20H23N3O3S/c1-3-23-16-9-6-5-8-14(16)15(19(23)17-10-7-11-27-17)12-21-20(25)22-13-18(24)26-4-2/h5-11H,3-4,12-13H2,1-2H3,(H2,21,22,25). The average molecular weight is 385 g/mol. The van der Waals surface area contributed by atoms with Gasteiger partial charge in [-0.2, -0.15) is 0 Å². The van der Waals surface area contributed by atoms with E-state index in [2.05, 4.69) is 45.7 Å². The zero-order valence-corrected chi connectivity index (χ0v) is 16.3. The van der Waals surface area contributed by atoms with Crippen molar-refractivity contribution in [2.45, 2.75) is 26.9 Å². The molecule has 142 valence electrons. The van der Waals surface area contributed by atoms with Crippen LogP contribution in [0.15, 0.2) is 41.8 Å². The number of nitrogens with one attached hydrogen (secondary N) is 2. The highest BCUT2D eigenvalue weighted by atomic mass is 32.1. The summed E-state index contributed by atoms with van der Waals surface area (Å²) in [5.41, 5.74) is 3.34. The van der Waals surface area contributed by atoms with Gasteiger partial charge in [0.1, 0.15) is 6.54 Å². The molecule has 2 heterocycles. The highest BCUT2D eigenvalue weighted by Gasteiger charge is 2.19. The zero-order valence-electron chi connectivity index (χ0n) is 15.5. The van der Waals surface area contributed by atoms with Crippen molar-refractivity contribution in [3.8, 4) is 10.6 Å². The highest BCUT2D eigenvalue weighted by molar-refractivity contribution is 7.13. The molecule has 0 saturated heterocycles. The Kier molecular flexibility index (Phi) is 6.13. The fourth-order valence-electron chi connectivity index (χ4n) is 3.17. The fraction of sp³-hybridized carbons (Fsp3) is 0.300. The Labute approximate surface area is 162 Å². The highest BCUT2D eigenvalue weighted by Crippen LogP contribution is 2.36. The number of para-hydroxylation sites is 1. The second-order valence-corrected chi connectivity index (χ2v) is 6.85. The molecular weight excluding hydrogens is 362 g/mol. The third kappa shape index (κ3) is 4.14. The first-order valence-corrected chi connectivity index (χ1v) is 9.85. The molecule has 3 aromatic rings. The van der Waals surface area contributed by atoms with Gasteiger partial charge < -0.3 is 19.9 Å². The van der Waals surface area contributed by atoms with Crippen LogP contribution >= 0.6 is 11.3 Å². The molecule has 7 heteroatoms. The van der Waals surface area contributed by atoms with Gasteiger partial charge in [-0.25, -0.2) is 4.79 Å². The lowest BCUT2D eigenvalue weighted by atomic mass is 10.1. The van der Waals surface area contributed by atoms with E-state index >= 15 is 0 Å². The van der Waals surface area contributed by atoms with Gasteiger partial charge in [-0.1, -0.05) is 24.3 Å². The van der Waals surface area contributed by atoms with E-state index in [0.717, 1.165) is 33.6 Å². The first-order chi connectivity index (χ1) is 13.2. The molecule has 1 aromatic carbocycles. The summed E-state index contributed by atoms with van der Waals surface area (Å²) >= 11 is 1.68. The Morgan fingerprint density at radius 3 is 2.63 bits per heavy atom. The monoisotopic (exact) mass is 385 g/mol. The molecule has 0 bridgehead atoms. The Morgan fingerprint density at radius 1 is 1.11 bits per heavy atom. The van der Waals surface area contributed by atoms with Crippen molar-refractivity contribution >= 4 is 34.2 Å². The number of rotatable bonds is 7. The van der Waals surface area contributed by atoms with Gasteiger partial charge in [0.05, 0.1) is 17.2 Å². The van der Waals surface area contributed by atoms with Crippen LogP contribution in [0.5, 0.6) is 0 Å². The van der Waals surface area contributed by atoms with Gasteiger partial charge in [0, 0.05) is 29.6 Å². The molecule has 0 aliphatic rings. The van der Waals surface area contributed by atoms with Crippen molar-refractivity contribution in [1.29, 1.82) is 0 Å². The summed E-state index contributed by atoms with van der Waals surface area (Å²) in [5, 5.41) is 8.56. The van der Waals surface area contributed by atoms with Crippen LogP contribution in [0.4, 0.5) is 4.79 Å². The van der Waals surface area contributed by atoms with E-state index in [-0.39, 0.29) is 6.54 Å². The normalized spacial score (nSPS) is 10.7. The number of thiophene rings is 1. The number of ether oxygens (including phenoxy) is 1. The molecule has 0 radical (unpaired) electrons. The van der Waals surface area contributed by atoms with Crippen LogP contribution in [0.2, 0.25) is 0 Å². The number of amides is 2. The lowest BCUT2D eigenvalue weighted by molar-refractivity contribution is -0.141. The number of nitrogens with zero attached hydrogens (tertiary/aromatic N) is 1. The molecule has 0 saturated carbocycles. The number of aryl methyl sites for hydroxylation is 1. The molecule has 0 aliphatic heterocycles. The summed E-state index contributed by atoms with van der Waals surface area (Å²) < 4.78 is 7.09. The van der Waals surface area contributed by atoms with Crippen molar-refractivity contribution in [2.24, 2.45) is 0 Å². The SMILES string of the molecule is CCOC(=O)CNC(=O)NCc1c(-c2cccs2)n(CC)c2ccccc12. The van der Waals surface area contributed by atoms with Crippen molar-refractivity contribution < 1.29 is 14.3 Å². The number of carbonyl (C=O) groups excluding carboxylic acids is 2. The van der Waals surface area contributed by atoms with E-state index < -0.39 is 12.0 Å². The molecule has 0 atom stereocenters. The first-order valence-electron chi connectivity index (χ1n) is 8.97. The smallest absolute Gasteiger partial charge is 0.325 e. The number of benzene rings is 1. The number of aromatic nitrogens is 1. The molecule has 0 fully saturated rings. The fourth-order valence-corrected chi connectivity index (χ4v) is 3.98. The Morgan fingerprint density at radius 2 is 1.93 bits per heavy atom. The zero-order chi connectivity index (χ0) is 19.2. The lowest BCUT2D eigenvalue weighted by Crippen LogP contribution is -2.38. The van der Waals surface area contributed by atoms with E-state index in [9.17, 15) is 9.59 Å². The summed E-state index contributed by atoms with van der Waals surface area (Å²) in [5.74, 6) is -0.450. The summed E-state index contributed by atoms with van der Waals surface area (Å²) in [6, 6.07) is 11.9. The number of carbonyl (C=O) groups is 2. The Hall–Kier alpha value is -2.80. The van der Waals surface area contributed by atoms with Crippen LogP contribution in [-0.2, 0) is 22.6 Å². The predicted octanol–water partition coefficient (Wildman–Crippen LogP) is 3.75. The molecular formula is C20H23N3O3S. The van der Waals surface area contributed by atoms with Crippen LogP contribution in [0.25, 0.3) is 21.5 Å². The van der Waals surface area contributed by atoms with Gasteiger partial charge in [0.2, 0.25) is 0 Å². The van der Waals surface area contributed by atoms with E-state index in [1.165, 1.54) is 0 Å². The topological polar surface area (TPSA) is 72.4 Å². The second-order valence-electron chi connectivity index (χ2n) is 5.91. The van der Waals surface area contributed by atoms with Crippen LogP contribution in [0.1, 0.15) is 19.4 Å². The number of hydrogen-bond donors (Lipinski definition) is 2. The number of urea groups is 1. The lowest BCUT2D eigenvalue weighted by Gasteiger charge is -2.10. The maximum absolute atomic E-state index is 12.1. The minimum absolute atomic E-state index is 0.145. The molecule has 2 amide bonds. The van der Waals surface area contributed by atoms with Gasteiger partial charge in [0.25, 0.3) is 0 Å². The van der Waals surface area contributed by atoms with Crippen molar-refractivity contribution in [3.05, 3.63) is 47.3 Å². The molecule has 0 unspecified atom stereocenters. The third-order valence-electron chi connectivity index (χ3n) is 4.27. The van der Waals surface area contributed by atoms with E-state index in [4.69, 9.17) is 4.74 Å². The van der Waals surface area contributed by atoms with Gasteiger partial charge >= 0.3 is 12.0 Å². The summed E-state index contributed by atoms with van der Waals surface area (Å²) in [4.78, 5) is 24.6. The predicted molar refractivity (Wildman–Crippen MR) is 108 cm³/mol. The van der Waals surface area contributed by atoms with Crippen LogP contribution in [0.3, 0.4) is 0 Å². The summed E-state index contributed by atoms with van der Waals surface area (Å²) in [7, 11) is 0. The minimum Gasteiger partial charge on any atom is -0.465 e. The van der Waals surface area contributed by atoms with Gasteiger partial charge in [-0.15, -0.1) is 11.3 Å². The van der Waals surface area contributed by atoms with Gasteiger partial charge in [-0.3, -0.25) is 4.79 Å². The van der Waals surface area contributed by atoms with Crippen LogP contribution < -0.4 is 10.6 Å². The minimum atomic E-state index is -0.450. The molecule has 2 aromatic heterocycles. The number of fused-ring (bicyclic) bond motifs is 1. The third-order valence-corrected chi connectivity index (χ3v) is 5.15. The van der Waals surface area contributed by atoms with E-state index in [0.29, 0.717) is 13.2 Å². The maximum atomic E-state index is 12.1. The van der Waals surface area contributed by atoms with Crippen LogP contribution in [-0.4, -0.2) is 29.7 Å². The van der Waals surface area contributed by atoms with Crippen LogP contribution in [0, 0.1) is 0 Å². The van der Waals surface area contributed by atoms with E-state index in [1.807, 2.05) is 18.2 Å². The molecule has 2 N–H and O–H groups in total. The number of esters is 1. The molecule has 3 rings (SSSR count). The molecule has 27 heavy (non-hydrogen) atoms. The summed E-state index contributed by atoms with van der Waals surface area (Å²) in [6.07, 6.45) is 0. The molecule has 0 spiro atoms. The quantitative estimate of drug-likeness (QED) is 0.609. The van der Waals surface area contributed by atoms with Crippen molar-refractivity contribution in [1.82, 2.24) is 15.2 Å². The van der Waals surface area contributed by atoms with Gasteiger partial charge in [-0.05, 0) is 31.4 Å². The summed E-state index contributed by atoms with van der Waals surface area (Å²) in [6.45, 7) is 5.20. The molecule has 6 nitrogen and oxygen atoms in total. The maximum Gasteiger partial charge on any atom is 0.325 e. The Bertz CT molecular complexity index is 932. The van der Waals surface area contributed by atoms with E-state index in [1.54, 1.807) is 18.3 Å². The van der Waals surface area contributed by atoms with Crippen molar-refractivity contribution in [3.63, 3.8) is 0 Å².